The Kier molecular flexibility index (Phi) is 2.86. The van der Waals surface area contributed by atoms with Crippen molar-refractivity contribution in [1.82, 2.24) is 15.1 Å². The molecule has 1 aromatic heterocycles. The van der Waals surface area contributed by atoms with Crippen LogP contribution >= 0.6 is 0 Å². The molecule has 1 N–H and O–H groups in total. The Balaban J connectivity index is 1.67. The van der Waals surface area contributed by atoms with Crippen LogP contribution in [0.15, 0.2) is 19.0 Å². The summed E-state index contributed by atoms with van der Waals surface area (Å²) in [5.74, 6) is 0.894. The van der Waals surface area contributed by atoms with Crippen molar-refractivity contribution < 1.29 is 0 Å². The second-order valence-corrected chi connectivity index (χ2v) is 7.06. The van der Waals surface area contributed by atoms with Crippen molar-refractivity contribution in [1.29, 1.82) is 0 Å². The normalized spacial score (nSPS) is 35.7. The predicted octanol–water partition coefficient (Wildman–Crippen LogP) is 3.29. The Hall–Kier alpha value is -1.09. The smallest absolute Gasteiger partial charge is 0.0538 e. The van der Waals surface area contributed by atoms with Crippen LogP contribution in [0.25, 0.3) is 6.20 Å². The van der Waals surface area contributed by atoms with Crippen molar-refractivity contribution in [2.45, 2.75) is 52.6 Å². The van der Waals surface area contributed by atoms with Crippen molar-refractivity contribution in [3.05, 3.63) is 24.5 Å². The Morgan fingerprint density at radius 3 is 2.84 bits per heavy atom. The first kappa shape index (κ1) is 12.9. The molecule has 0 amide bonds. The van der Waals surface area contributed by atoms with E-state index in [1.165, 1.54) is 24.8 Å². The predicted molar refractivity (Wildman–Crippen MR) is 78.5 cm³/mol. The summed E-state index contributed by atoms with van der Waals surface area (Å²) < 4.78 is 1.77. The molecular formula is C16H25N3. The third kappa shape index (κ3) is 1.78. The largest absolute Gasteiger partial charge is 0.309 e. The van der Waals surface area contributed by atoms with Crippen LogP contribution in [-0.4, -0.2) is 15.8 Å². The Labute approximate surface area is 116 Å². The maximum Gasteiger partial charge on any atom is 0.0538 e. The summed E-state index contributed by atoms with van der Waals surface area (Å²) in [6.07, 6.45) is 9.81. The molecule has 2 saturated carbocycles. The van der Waals surface area contributed by atoms with Gasteiger partial charge < -0.3 is 5.32 Å². The lowest BCUT2D eigenvalue weighted by molar-refractivity contribution is 0.120. The molecule has 0 saturated heterocycles. The first-order valence-corrected chi connectivity index (χ1v) is 7.36. The number of hydrogen-bond acceptors (Lipinski definition) is 2. The van der Waals surface area contributed by atoms with E-state index < -0.39 is 0 Å². The molecule has 3 heteroatoms. The van der Waals surface area contributed by atoms with Gasteiger partial charge in [0.1, 0.15) is 0 Å². The van der Waals surface area contributed by atoms with Crippen LogP contribution in [0.5, 0.6) is 0 Å². The quantitative estimate of drug-likeness (QED) is 0.899. The van der Waals surface area contributed by atoms with Crippen molar-refractivity contribution >= 4 is 6.20 Å². The van der Waals surface area contributed by atoms with Crippen molar-refractivity contribution in [2.24, 2.45) is 16.7 Å². The van der Waals surface area contributed by atoms with E-state index in [9.17, 15) is 0 Å². The summed E-state index contributed by atoms with van der Waals surface area (Å²) >= 11 is 0. The average Bonchev–Trinajstić information content (AvgIpc) is 2.97. The average molecular weight is 259 g/mol. The minimum Gasteiger partial charge on any atom is -0.309 e. The topological polar surface area (TPSA) is 29.9 Å². The minimum atomic E-state index is 0.450. The monoisotopic (exact) mass is 259 g/mol. The molecule has 2 fully saturated rings. The zero-order valence-corrected chi connectivity index (χ0v) is 12.3. The second kappa shape index (κ2) is 4.20. The van der Waals surface area contributed by atoms with Crippen molar-refractivity contribution in [3.63, 3.8) is 0 Å². The van der Waals surface area contributed by atoms with Gasteiger partial charge in [-0.3, -0.25) is 0 Å². The molecule has 0 aliphatic heterocycles. The third-order valence-corrected chi connectivity index (χ3v) is 6.19. The Morgan fingerprint density at radius 2 is 2.32 bits per heavy atom. The molecule has 3 rings (SSSR count). The lowest BCUT2D eigenvalue weighted by Gasteiger charge is -2.39. The van der Waals surface area contributed by atoms with Gasteiger partial charge in [-0.05, 0) is 36.0 Å². The molecule has 3 atom stereocenters. The highest BCUT2D eigenvalue weighted by molar-refractivity contribution is 5.18. The van der Waals surface area contributed by atoms with Crippen LogP contribution in [0.4, 0.5) is 0 Å². The molecule has 3 unspecified atom stereocenters. The fraction of sp³-hybridized carbons (Fsp3) is 0.688. The number of nitrogens with one attached hydrogen (secondary N) is 1. The zero-order valence-electron chi connectivity index (χ0n) is 12.3. The minimum absolute atomic E-state index is 0.450. The van der Waals surface area contributed by atoms with E-state index >= 15 is 0 Å². The van der Waals surface area contributed by atoms with Gasteiger partial charge in [0.2, 0.25) is 0 Å². The van der Waals surface area contributed by atoms with E-state index in [2.05, 4.69) is 37.8 Å². The van der Waals surface area contributed by atoms with Crippen molar-refractivity contribution in [2.75, 3.05) is 0 Å². The lowest BCUT2D eigenvalue weighted by atomic mass is 9.69. The standard InChI is InChI=1S/C16H25N3/c1-5-19-11-12(10-18-19)9-17-14-8-13-6-7-16(14,4)15(13,2)3/h5,10-11,13-14,17H,1,6-9H2,2-4H3. The van der Waals surface area contributed by atoms with Crippen LogP contribution in [0, 0.1) is 16.7 Å². The van der Waals surface area contributed by atoms with E-state index in [-0.39, 0.29) is 0 Å². The number of aromatic nitrogens is 2. The molecule has 104 valence electrons. The highest BCUT2D eigenvalue weighted by Gasteiger charge is 2.60. The Bertz CT molecular complexity index is 488. The van der Waals surface area contributed by atoms with E-state index in [0.717, 1.165) is 12.5 Å². The van der Waals surface area contributed by atoms with E-state index in [1.807, 2.05) is 12.4 Å². The molecule has 1 heterocycles. The summed E-state index contributed by atoms with van der Waals surface area (Å²) in [5, 5.41) is 8.01. The van der Waals surface area contributed by atoms with Crippen LogP contribution in [0.1, 0.15) is 45.6 Å². The zero-order chi connectivity index (χ0) is 13.7. The molecule has 2 aliphatic carbocycles. The number of hydrogen-bond donors (Lipinski definition) is 1. The maximum atomic E-state index is 4.23. The van der Waals surface area contributed by atoms with E-state index in [0.29, 0.717) is 16.9 Å². The van der Waals surface area contributed by atoms with Gasteiger partial charge in [-0.2, -0.15) is 5.10 Å². The van der Waals surface area contributed by atoms with Crippen LogP contribution in [0.3, 0.4) is 0 Å². The molecule has 0 spiro atoms. The summed E-state index contributed by atoms with van der Waals surface area (Å²) in [4.78, 5) is 0. The summed E-state index contributed by atoms with van der Waals surface area (Å²) in [5.41, 5.74) is 2.17. The highest BCUT2D eigenvalue weighted by Crippen LogP contribution is 2.65. The van der Waals surface area contributed by atoms with Gasteiger partial charge in [0.15, 0.2) is 0 Å². The maximum absolute atomic E-state index is 4.23. The van der Waals surface area contributed by atoms with Crippen LogP contribution in [-0.2, 0) is 6.54 Å². The fourth-order valence-corrected chi connectivity index (χ4v) is 4.32. The van der Waals surface area contributed by atoms with Crippen LogP contribution in [0.2, 0.25) is 0 Å². The highest BCUT2D eigenvalue weighted by atomic mass is 15.2. The molecule has 19 heavy (non-hydrogen) atoms. The van der Waals surface area contributed by atoms with Crippen molar-refractivity contribution in [3.8, 4) is 0 Å². The van der Waals surface area contributed by atoms with E-state index in [1.54, 1.807) is 10.9 Å². The molecule has 2 aliphatic rings. The molecular weight excluding hydrogens is 234 g/mol. The van der Waals surface area contributed by atoms with E-state index in [4.69, 9.17) is 0 Å². The molecule has 1 aromatic rings. The molecule has 2 bridgehead atoms. The van der Waals surface area contributed by atoms with Gasteiger partial charge in [0.25, 0.3) is 0 Å². The van der Waals surface area contributed by atoms with Gasteiger partial charge in [0.05, 0.1) is 6.20 Å². The van der Waals surface area contributed by atoms with Gasteiger partial charge >= 0.3 is 0 Å². The number of nitrogens with zero attached hydrogens (tertiary/aromatic N) is 2. The first-order chi connectivity index (χ1) is 8.97. The number of fused-ring (bicyclic) bond motifs is 2. The summed E-state index contributed by atoms with van der Waals surface area (Å²) in [6, 6.07) is 0.647. The van der Waals surface area contributed by atoms with Gasteiger partial charge in [-0.25, -0.2) is 4.68 Å². The molecule has 0 radical (unpaired) electrons. The summed E-state index contributed by atoms with van der Waals surface area (Å²) in [7, 11) is 0. The SMILES string of the molecule is C=Cn1cc(CNC2CC3CCC2(C)C3(C)C)cn1. The summed E-state index contributed by atoms with van der Waals surface area (Å²) in [6.45, 7) is 12.0. The Morgan fingerprint density at radius 1 is 1.53 bits per heavy atom. The lowest BCUT2D eigenvalue weighted by Crippen LogP contribution is -2.44. The fourth-order valence-electron chi connectivity index (χ4n) is 4.32. The van der Waals surface area contributed by atoms with Crippen LogP contribution < -0.4 is 5.32 Å². The second-order valence-electron chi connectivity index (χ2n) is 7.06. The molecule has 0 aromatic carbocycles. The number of rotatable bonds is 4. The van der Waals surface area contributed by atoms with Gasteiger partial charge in [0, 0.05) is 30.5 Å². The van der Waals surface area contributed by atoms with Gasteiger partial charge in [-0.1, -0.05) is 27.4 Å². The van der Waals surface area contributed by atoms with Gasteiger partial charge in [-0.15, -0.1) is 0 Å². The molecule has 3 nitrogen and oxygen atoms in total. The first-order valence-electron chi connectivity index (χ1n) is 7.36. The third-order valence-electron chi connectivity index (χ3n) is 6.19.